The number of hydrogen-bond donors (Lipinski definition) is 0. The summed E-state index contributed by atoms with van der Waals surface area (Å²) in [7, 11) is 0. The SMILES string of the molecule is Cc1cnc(-c2ccc(Oc3ncccc3-c3cnccc3C)cc2)s1. The third-order valence-electron chi connectivity index (χ3n) is 4.04. The Hall–Kier alpha value is -3.05. The molecular formula is C21H17N3OS. The first-order valence-electron chi connectivity index (χ1n) is 8.27. The van der Waals surface area contributed by atoms with Crippen molar-refractivity contribution in [3.63, 3.8) is 0 Å². The van der Waals surface area contributed by atoms with E-state index in [0.717, 1.165) is 33.0 Å². The van der Waals surface area contributed by atoms with Crippen LogP contribution >= 0.6 is 11.3 Å². The Labute approximate surface area is 156 Å². The Balaban J connectivity index is 1.63. The van der Waals surface area contributed by atoms with Gasteiger partial charge in [-0.25, -0.2) is 9.97 Å². The van der Waals surface area contributed by atoms with Crippen molar-refractivity contribution in [1.29, 1.82) is 0 Å². The molecule has 0 saturated heterocycles. The van der Waals surface area contributed by atoms with Gasteiger partial charge in [0.05, 0.1) is 0 Å². The normalized spacial score (nSPS) is 10.7. The molecule has 0 atom stereocenters. The van der Waals surface area contributed by atoms with Gasteiger partial charge >= 0.3 is 0 Å². The number of thiazole rings is 1. The van der Waals surface area contributed by atoms with Gasteiger partial charge in [-0.05, 0) is 61.9 Å². The van der Waals surface area contributed by atoms with Crippen molar-refractivity contribution in [2.75, 3.05) is 0 Å². The second kappa shape index (κ2) is 7.06. The smallest absolute Gasteiger partial charge is 0.227 e. The number of rotatable bonds is 4. The Morgan fingerprint density at radius 1 is 0.846 bits per heavy atom. The molecule has 0 radical (unpaired) electrons. The minimum atomic E-state index is 0.571. The maximum absolute atomic E-state index is 6.06. The van der Waals surface area contributed by atoms with Gasteiger partial charge < -0.3 is 4.74 Å². The summed E-state index contributed by atoms with van der Waals surface area (Å²) in [5.41, 5.74) is 4.16. The Kier molecular flexibility index (Phi) is 4.46. The highest BCUT2D eigenvalue weighted by Gasteiger charge is 2.11. The van der Waals surface area contributed by atoms with Crippen LogP contribution in [0.15, 0.2) is 67.3 Å². The highest BCUT2D eigenvalue weighted by atomic mass is 32.1. The Bertz CT molecular complexity index is 1040. The number of pyridine rings is 2. The highest BCUT2D eigenvalue weighted by molar-refractivity contribution is 7.14. The molecule has 0 fully saturated rings. The first-order chi connectivity index (χ1) is 12.7. The third-order valence-corrected chi connectivity index (χ3v) is 5.00. The number of ether oxygens (including phenoxy) is 1. The lowest BCUT2D eigenvalue weighted by molar-refractivity contribution is 0.465. The van der Waals surface area contributed by atoms with Crippen molar-refractivity contribution < 1.29 is 4.74 Å². The molecule has 4 nitrogen and oxygen atoms in total. The molecule has 4 rings (SSSR count). The van der Waals surface area contributed by atoms with Crippen LogP contribution in [0.25, 0.3) is 21.7 Å². The largest absolute Gasteiger partial charge is 0.438 e. The van der Waals surface area contributed by atoms with Crippen molar-refractivity contribution in [3.8, 4) is 33.3 Å². The summed E-state index contributed by atoms with van der Waals surface area (Å²) in [5, 5.41) is 1.01. The molecule has 128 valence electrons. The Morgan fingerprint density at radius 3 is 2.42 bits per heavy atom. The summed E-state index contributed by atoms with van der Waals surface area (Å²) in [5.74, 6) is 1.31. The highest BCUT2D eigenvalue weighted by Crippen LogP contribution is 2.33. The average Bonchev–Trinajstić information content (AvgIpc) is 3.10. The van der Waals surface area contributed by atoms with E-state index in [4.69, 9.17) is 4.74 Å². The summed E-state index contributed by atoms with van der Waals surface area (Å²) in [6, 6.07) is 13.8. The van der Waals surface area contributed by atoms with E-state index < -0.39 is 0 Å². The molecule has 0 unspecified atom stereocenters. The van der Waals surface area contributed by atoms with Crippen LogP contribution in [-0.4, -0.2) is 15.0 Å². The van der Waals surface area contributed by atoms with Crippen LogP contribution in [-0.2, 0) is 0 Å². The van der Waals surface area contributed by atoms with Gasteiger partial charge in [-0.2, -0.15) is 0 Å². The van der Waals surface area contributed by atoms with Gasteiger partial charge in [0.2, 0.25) is 5.88 Å². The molecule has 0 aliphatic heterocycles. The maximum Gasteiger partial charge on any atom is 0.227 e. The van der Waals surface area contributed by atoms with Gasteiger partial charge in [-0.15, -0.1) is 11.3 Å². The first kappa shape index (κ1) is 16.4. The van der Waals surface area contributed by atoms with E-state index in [1.165, 1.54) is 4.88 Å². The molecule has 0 saturated carbocycles. The van der Waals surface area contributed by atoms with Crippen molar-refractivity contribution in [2.24, 2.45) is 0 Å². The summed E-state index contributed by atoms with van der Waals surface area (Å²) < 4.78 is 6.06. The second-order valence-electron chi connectivity index (χ2n) is 5.95. The van der Waals surface area contributed by atoms with Crippen molar-refractivity contribution >= 4 is 11.3 Å². The fourth-order valence-electron chi connectivity index (χ4n) is 2.69. The van der Waals surface area contributed by atoms with E-state index >= 15 is 0 Å². The van der Waals surface area contributed by atoms with E-state index in [9.17, 15) is 0 Å². The van der Waals surface area contributed by atoms with Gasteiger partial charge in [0, 0.05) is 46.4 Å². The third kappa shape index (κ3) is 3.34. The topological polar surface area (TPSA) is 47.9 Å². The summed E-state index contributed by atoms with van der Waals surface area (Å²) in [6.45, 7) is 4.11. The van der Waals surface area contributed by atoms with Crippen LogP contribution in [0, 0.1) is 13.8 Å². The number of benzene rings is 1. The van der Waals surface area contributed by atoms with Crippen LogP contribution in [0.5, 0.6) is 11.6 Å². The predicted molar refractivity (Wildman–Crippen MR) is 105 cm³/mol. The molecule has 3 heterocycles. The van der Waals surface area contributed by atoms with Gasteiger partial charge in [-0.3, -0.25) is 4.98 Å². The molecule has 0 aliphatic rings. The fraction of sp³-hybridized carbons (Fsp3) is 0.0952. The average molecular weight is 359 g/mol. The lowest BCUT2D eigenvalue weighted by atomic mass is 10.0. The van der Waals surface area contributed by atoms with Crippen LogP contribution in [0.4, 0.5) is 0 Å². The van der Waals surface area contributed by atoms with Crippen LogP contribution < -0.4 is 4.74 Å². The number of aromatic nitrogens is 3. The number of hydrogen-bond acceptors (Lipinski definition) is 5. The van der Waals surface area contributed by atoms with E-state index in [1.807, 2.05) is 54.9 Å². The van der Waals surface area contributed by atoms with Crippen molar-refractivity contribution in [2.45, 2.75) is 13.8 Å². The standard InChI is InChI=1S/C21H17N3OS/c1-14-9-11-22-13-19(14)18-4-3-10-23-20(18)25-17-7-5-16(6-8-17)21-24-12-15(2)26-21/h3-13H,1-2H3. The minimum Gasteiger partial charge on any atom is -0.438 e. The lowest BCUT2D eigenvalue weighted by Crippen LogP contribution is -1.93. The van der Waals surface area contributed by atoms with E-state index in [2.05, 4.69) is 28.8 Å². The number of nitrogens with zero attached hydrogens (tertiary/aromatic N) is 3. The van der Waals surface area contributed by atoms with Crippen molar-refractivity contribution in [3.05, 3.63) is 77.7 Å². The maximum atomic E-state index is 6.06. The van der Waals surface area contributed by atoms with Crippen molar-refractivity contribution in [1.82, 2.24) is 15.0 Å². The van der Waals surface area contributed by atoms with Gasteiger partial charge in [0.15, 0.2) is 0 Å². The molecule has 0 N–H and O–H groups in total. The zero-order valence-corrected chi connectivity index (χ0v) is 15.3. The van der Waals surface area contributed by atoms with Crippen LogP contribution in [0.1, 0.15) is 10.4 Å². The van der Waals surface area contributed by atoms with E-state index in [0.29, 0.717) is 5.88 Å². The minimum absolute atomic E-state index is 0.571. The van der Waals surface area contributed by atoms with E-state index in [-0.39, 0.29) is 0 Å². The van der Waals surface area contributed by atoms with Gasteiger partial charge in [0.1, 0.15) is 10.8 Å². The monoisotopic (exact) mass is 359 g/mol. The summed E-state index contributed by atoms with van der Waals surface area (Å²) >= 11 is 1.68. The molecule has 0 bridgehead atoms. The zero-order valence-electron chi connectivity index (χ0n) is 14.5. The molecule has 0 aliphatic carbocycles. The Morgan fingerprint density at radius 2 is 1.69 bits per heavy atom. The first-order valence-corrected chi connectivity index (χ1v) is 9.09. The molecule has 0 spiro atoms. The molecule has 26 heavy (non-hydrogen) atoms. The quantitative estimate of drug-likeness (QED) is 0.470. The summed E-state index contributed by atoms with van der Waals surface area (Å²) in [6.07, 6.45) is 7.25. The van der Waals surface area contributed by atoms with Crippen LogP contribution in [0.2, 0.25) is 0 Å². The molecule has 4 aromatic rings. The molecular weight excluding hydrogens is 342 g/mol. The molecule has 0 amide bonds. The molecule has 3 aromatic heterocycles. The number of aryl methyl sites for hydroxylation is 2. The van der Waals surface area contributed by atoms with Crippen LogP contribution in [0.3, 0.4) is 0 Å². The molecule has 5 heteroatoms. The predicted octanol–water partition coefficient (Wildman–Crippen LogP) is 5.68. The molecule has 1 aromatic carbocycles. The summed E-state index contributed by atoms with van der Waals surface area (Å²) in [4.78, 5) is 14.3. The van der Waals surface area contributed by atoms with Gasteiger partial charge in [0.25, 0.3) is 0 Å². The van der Waals surface area contributed by atoms with Gasteiger partial charge in [-0.1, -0.05) is 0 Å². The van der Waals surface area contributed by atoms with E-state index in [1.54, 1.807) is 23.7 Å². The second-order valence-corrected chi connectivity index (χ2v) is 7.18. The zero-order chi connectivity index (χ0) is 17.9. The lowest BCUT2D eigenvalue weighted by Gasteiger charge is -2.11. The fourth-order valence-corrected chi connectivity index (χ4v) is 3.46.